The monoisotopic (exact) mass is 409 g/mol. The van der Waals surface area contributed by atoms with E-state index in [0.717, 1.165) is 6.54 Å². The van der Waals surface area contributed by atoms with Crippen LogP contribution < -0.4 is 10.6 Å². The Hall–Kier alpha value is -2.55. The Balaban J connectivity index is 0.000000923. The summed E-state index contributed by atoms with van der Waals surface area (Å²) in [5.74, 6) is 0. The Morgan fingerprint density at radius 2 is 1.57 bits per heavy atom. The molecule has 0 atom stereocenters. The van der Waals surface area contributed by atoms with Gasteiger partial charge in [-0.2, -0.15) is 0 Å². The van der Waals surface area contributed by atoms with Crippen LogP contribution in [0.4, 0.5) is 11.4 Å². The summed E-state index contributed by atoms with van der Waals surface area (Å²) in [7, 11) is 0. The van der Waals surface area contributed by atoms with Crippen LogP contribution in [0, 0.1) is 5.41 Å². The van der Waals surface area contributed by atoms with Crippen LogP contribution in [0.1, 0.15) is 66.7 Å². The Bertz CT molecular complexity index is 668. The normalized spacial score (nSPS) is 12.4. The average Bonchev–Trinajstić information content (AvgIpc) is 2.78. The summed E-state index contributed by atoms with van der Waals surface area (Å²) in [6, 6.07) is 18.0. The highest BCUT2D eigenvalue weighted by Gasteiger charge is 2.13. The summed E-state index contributed by atoms with van der Waals surface area (Å²) < 4.78 is 0. The van der Waals surface area contributed by atoms with E-state index in [9.17, 15) is 0 Å². The van der Waals surface area contributed by atoms with Crippen LogP contribution >= 0.6 is 0 Å². The summed E-state index contributed by atoms with van der Waals surface area (Å²) >= 11 is 0. The van der Waals surface area contributed by atoms with E-state index in [1.54, 1.807) is 13.0 Å². The van der Waals surface area contributed by atoms with E-state index in [4.69, 9.17) is 5.41 Å². The Morgan fingerprint density at radius 3 is 2.10 bits per heavy atom. The number of hydrogen-bond donors (Lipinski definition) is 3. The molecule has 2 aromatic carbocycles. The first-order valence-electron chi connectivity index (χ1n) is 11.4. The lowest BCUT2D eigenvalue weighted by Gasteiger charge is -2.24. The minimum atomic E-state index is 0.644. The van der Waals surface area contributed by atoms with Crippen LogP contribution in [0.2, 0.25) is 0 Å². The number of rotatable bonds is 5. The molecule has 3 nitrogen and oxygen atoms in total. The molecule has 0 amide bonds. The van der Waals surface area contributed by atoms with Crippen molar-refractivity contribution in [3.8, 4) is 11.1 Å². The highest BCUT2D eigenvalue weighted by molar-refractivity contribution is 5.80. The van der Waals surface area contributed by atoms with Crippen molar-refractivity contribution in [2.75, 3.05) is 17.2 Å². The average molecular weight is 410 g/mol. The maximum Gasteiger partial charge on any atom is 0.0440 e. The van der Waals surface area contributed by atoms with Gasteiger partial charge in [0.1, 0.15) is 0 Å². The predicted octanol–water partition coefficient (Wildman–Crippen LogP) is 8.40. The number of anilines is 2. The Kier molecular flexibility index (Phi) is 16.9. The zero-order chi connectivity index (χ0) is 22.6. The smallest absolute Gasteiger partial charge is 0.0440 e. The molecular weight excluding hydrogens is 366 g/mol. The van der Waals surface area contributed by atoms with Crippen LogP contribution in [0.15, 0.2) is 61.2 Å². The zero-order valence-electron chi connectivity index (χ0n) is 19.8. The highest BCUT2D eigenvalue weighted by Crippen LogP contribution is 2.31. The van der Waals surface area contributed by atoms with Gasteiger partial charge in [-0.3, -0.25) is 0 Å². The zero-order valence-corrected chi connectivity index (χ0v) is 19.8. The molecule has 0 aromatic heterocycles. The van der Waals surface area contributed by atoms with Crippen LogP contribution in [-0.4, -0.2) is 18.8 Å². The maximum atomic E-state index is 6.08. The standard InChI is InChI=1S/C20H26N2.C3H6.C2H5N.C2H6/c1-2-21-20-15-18(22-17-11-7-4-8-12-17)13-14-19(20)16-9-5-3-6-10-16;1-3-2;1-2-3;1-2/h3,5-6,9-10,13-15,17,21-22H,2,4,7-8,11-12H2,1H3;3H,1H2,2H3;2-3H,1H3;1-2H3. The van der Waals surface area contributed by atoms with Crippen molar-refractivity contribution in [3.63, 3.8) is 0 Å². The van der Waals surface area contributed by atoms with Gasteiger partial charge in [0.15, 0.2) is 0 Å². The first kappa shape index (κ1) is 27.5. The number of benzene rings is 2. The van der Waals surface area contributed by atoms with E-state index in [2.05, 4.69) is 72.7 Å². The van der Waals surface area contributed by atoms with Gasteiger partial charge in [-0.05, 0) is 57.5 Å². The van der Waals surface area contributed by atoms with Crippen LogP contribution in [0.25, 0.3) is 11.1 Å². The topological polar surface area (TPSA) is 47.9 Å². The van der Waals surface area contributed by atoms with Crippen molar-refractivity contribution < 1.29 is 0 Å². The van der Waals surface area contributed by atoms with Crippen LogP contribution in [0.3, 0.4) is 0 Å². The number of allylic oxidation sites excluding steroid dienone is 1. The third kappa shape index (κ3) is 10.8. The third-order valence-corrected chi connectivity index (χ3v) is 4.45. The summed E-state index contributed by atoms with van der Waals surface area (Å²) in [6.45, 7) is 14.0. The molecule has 0 heterocycles. The van der Waals surface area contributed by atoms with Crippen molar-refractivity contribution in [3.05, 3.63) is 61.2 Å². The molecule has 0 aliphatic heterocycles. The van der Waals surface area contributed by atoms with E-state index in [1.807, 2.05) is 20.8 Å². The molecule has 0 bridgehead atoms. The largest absolute Gasteiger partial charge is 0.385 e. The van der Waals surface area contributed by atoms with E-state index in [-0.39, 0.29) is 0 Å². The summed E-state index contributed by atoms with van der Waals surface area (Å²) in [4.78, 5) is 0. The Labute approximate surface area is 185 Å². The van der Waals surface area contributed by atoms with E-state index in [1.165, 1.54) is 60.8 Å². The van der Waals surface area contributed by atoms with Gasteiger partial charge in [0.25, 0.3) is 0 Å². The lowest BCUT2D eigenvalue weighted by molar-refractivity contribution is 0.463. The lowest BCUT2D eigenvalue weighted by atomic mass is 9.95. The van der Waals surface area contributed by atoms with Crippen molar-refractivity contribution in [1.29, 1.82) is 5.41 Å². The van der Waals surface area contributed by atoms with E-state index >= 15 is 0 Å². The second kappa shape index (κ2) is 18.5. The number of hydrogen-bond acceptors (Lipinski definition) is 3. The van der Waals surface area contributed by atoms with Gasteiger partial charge in [0.05, 0.1) is 0 Å². The van der Waals surface area contributed by atoms with Crippen molar-refractivity contribution >= 4 is 17.6 Å². The summed E-state index contributed by atoms with van der Waals surface area (Å²) in [6.07, 6.45) is 9.72. The molecule has 1 aliphatic carbocycles. The van der Waals surface area contributed by atoms with Crippen molar-refractivity contribution in [1.82, 2.24) is 0 Å². The van der Waals surface area contributed by atoms with E-state index < -0.39 is 0 Å². The SMILES string of the molecule is C=CC.CC.CC=N.CCNc1cc(NC2CCCCC2)ccc1-c1ccccc1. The highest BCUT2D eigenvalue weighted by atomic mass is 14.9. The van der Waals surface area contributed by atoms with Gasteiger partial charge in [-0.1, -0.05) is 75.6 Å². The lowest BCUT2D eigenvalue weighted by Crippen LogP contribution is -2.22. The molecular formula is C27H43N3. The minimum absolute atomic E-state index is 0.644. The van der Waals surface area contributed by atoms with Gasteiger partial charge in [0, 0.05) is 29.5 Å². The predicted molar refractivity (Wildman–Crippen MR) is 138 cm³/mol. The molecule has 0 spiro atoms. The molecule has 30 heavy (non-hydrogen) atoms. The molecule has 1 fully saturated rings. The Morgan fingerprint density at radius 1 is 1.00 bits per heavy atom. The fourth-order valence-electron chi connectivity index (χ4n) is 3.32. The second-order valence-electron chi connectivity index (χ2n) is 6.83. The number of nitrogens with one attached hydrogen (secondary N) is 3. The molecule has 3 rings (SSSR count). The van der Waals surface area contributed by atoms with Crippen LogP contribution in [-0.2, 0) is 0 Å². The minimum Gasteiger partial charge on any atom is -0.385 e. The van der Waals surface area contributed by atoms with Gasteiger partial charge >= 0.3 is 0 Å². The van der Waals surface area contributed by atoms with Crippen LogP contribution in [0.5, 0.6) is 0 Å². The molecule has 1 saturated carbocycles. The summed E-state index contributed by atoms with van der Waals surface area (Å²) in [5, 5.41) is 13.3. The van der Waals surface area contributed by atoms with Gasteiger partial charge < -0.3 is 16.0 Å². The summed E-state index contributed by atoms with van der Waals surface area (Å²) in [5.41, 5.74) is 5.00. The second-order valence-corrected chi connectivity index (χ2v) is 6.83. The van der Waals surface area contributed by atoms with Crippen molar-refractivity contribution in [2.24, 2.45) is 0 Å². The van der Waals surface area contributed by atoms with E-state index in [0.29, 0.717) is 6.04 Å². The fraction of sp³-hybridized carbons (Fsp3) is 0.444. The fourth-order valence-corrected chi connectivity index (χ4v) is 3.32. The molecule has 2 aromatic rings. The van der Waals surface area contributed by atoms with Gasteiger partial charge in [-0.25, -0.2) is 0 Å². The van der Waals surface area contributed by atoms with Gasteiger partial charge in [0.2, 0.25) is 0 Å². The molecule has 166 valence electrons. The molecule has 3 N–H and O–H groups in total. The molecule has 0 saturated heterocycles. The molecule has 0 radical (unpaired) electrons. The third-order valence-electron chi connectivity index (χ3n) is 4.45. The van der Waals surface area contributed by atoms with Gasteiger partial charge in [-0.15, -0.1) is 6.58 Å². The molecule has 0 unspecified atom stereocenters. The first-order chi connectivity index (χ1) is 14.7. The molecule has 3 heteroatoms. The quantitative estimate of drug-likeness (QED) is 0.343. The molecule has 1 aliphatic rings. The maximum absolute atomic E-state index is 6.08. The first-order valence-corrected chi connectivity index (χ1v) is 11.4. The van der Waals surface area contributed by atoms with Crippen molar-refractivity contribution in [2.45, 2.75) is 72.8 Å².